The van der Waals surface area contributed by atoms with E-state index in [9.17, 15) is 0 Å². The van der Waals surface area contributed by atoms with Gasteiger partial charge in [0.2, 0.25) is 4.80 Å². The number of rotatable bonds is 2. The van der Waals surface area contributed by atoms with Crippen molar-refractivity contribution in [2.24, 2.45) is 27.5 Å². The maximum atomic E-state index is 4.29. The molecule has 2 aromatic carbocycles. The highest BCUT2D eigenvalue weighted by molar-refractivity contribution is 7.16. The molecule has 0 radical (unpaired) electrons. The highest BCUT2D eigenvalue weighted by atomic mass is 32.1. The zero-order valence-electron chi connectivity index (χ0n) is 13.3. The molecule has 3 aromatic rings. The van der Waals surface area contributed by atoms with Crippen LogP contribution in [0.2, 0.25) is 0 Å². The van der Waals surface area contributed by atoms with Crippen LogP contribution in [0.25, 0.3) is 10.2 Å². The van der Waals surface area contributed by atoms with E-state index in [0.717, 1.165) is 16.0 Å². The normalized spacial score (nSPS) is 13.3. The van der Waals surface area contributed by atoms with Crippen molar-refractivity contribution in [3.05, 3.63) is 58.9 Å². The summed E-state index contributed by atoms with van der Waals surface area (Å²) in [5.41, 5.74) is 3.14. The minimum absolute atomic E-state index is 0.517. The lowest BCUT2D eigenvalue weighted by Gasteiger charge is -1.93. The SMILES string of the molecule is C/C(N=Nc1ccc(C)cc1)=N\N=c1/sc2ccccc2n1C. The van der Waals surface area contributed by atoms with Crippen LogP contribution in [0.1, 0.15) is 12.5 Å². The van der Waals surface area contributed by atoms with Gasteiger partial charge in [-0.15, -0.1) is 20.4 Å². The molecule has 3 rings (SSSR count). The van der Waals surface area contributed by atoms with Crippen LogP contribution in [0, 0.1) is 6.92 Å². The van der Waals surface area contributed by atoms with Crippen LogP contribution in [-0.2, 0) is 7.05 Å². The number of fused-ring (bicyclic) bond motifs is 1. The molecular formula is C17H17N5S. The van der Waals surface area contributed by atoms with E-state index < -0.39 is 0 Å². The van der Waals surface area contributed by atoms with Gasteiger partial charge in [0.1, 0.15) is 0 Å². The zero-order chi connectivity index (χ0) is 16.2. The van der Waals surface area contributed by atoms with E-state index in [4.69, 9.17) is 0 Å². The van der Waals surface area contributed by atoms with E-state index in [-0.39, 0.29) is 0 Å². The van der Waals surface area contributed by atoms with Crippen molar-refractivity contribution < 1.29 is 0 Å². The molecule has 0 saturated heterocycles. The van der Waals surface area contributed by atoms with Crippen molar-refractivity contribution in [3.8, 4) is 0 Å². The highest BCUT2D eigenvalue weighted by Gasteiger charge is 2.00. The van der Waals surface area contributed by atoms with E-state index in [1.807, 2.05) is 54.9 Å². The molecule has 5 nitrogen and oxygen atoms in total. The summed E-state index contributed by atoms with van der Waals surface area (Å²) in [4.78, 5) is 0.830. The maximum Gasteiger partial charge on any atom is 0.211 e. The van der Waals surface area contributed by atoms with Gasteiger partial charge >= 0.3 is 0 Å². The predicted molar refractivity (Wildman–Crippen MR) is 95.2 cm³/mol. The number of para-hydroxylation sites is 1. The quantitative estimate of drug-likeness (QED) is 0.287. The van der Waals surface area contributed by atoms with Crippen molar-refractivity contribution in [3.63, 3.8) is 0 Å². The molecule has 23 heavy (non-hydrogen) atoms. The average molecular weight is 323 g/mol. The van der Waals surface area contributed by atoms with Gasteiger partial charge in [0.25, 0.3) is 0 Å². The average Bonchev–Trinajstić information content (AvgIpc) is 2.89. The third-order valence-electron chi connectivity index (χ3n) is 3.34. The molecule has 1 aromatic heterocycles. The molecule has 0 fully saturated rings. The molecule has 6 heteroatoms. The van der Waals surface area contributed by atoms with Gasteiger partial charge in [-0.2, -0.15) is 0 Å². The molecule has 0 aliphatic carbocycles. The van der Waals surface area contributed by atoms with Gasteiger partial charge in [0.15, 0.2) is 5.84 Å². The summed E-state index contributed by atoms with van der Waals surface area (Å²) >= 11 is 1.60. The monoisotopic (exact) mass is 323 g/mol. The number of nitrogens with zero attached hydrogens (tertiary/aromatic N) is 5. The van der Waals surface area contributed by atoms with Crippen molar-refractivity contribution in [2.45, 2.75) is 13.8 Å². The van der Waals surface area contributed by atoms with Crippen LogP contribution in [0.3, 0.4) is 0 Å². The smallest absolute Gasteiger partial charge is 0.211 e. The topological polar surface area (TPSA) is 54.4 Å². The Bertz CT molecular complexity index is 945. The van der Waals surface area contributed by atoms with E-state index in [1.54, 1.807) is 18.3 Å². The highest BCUT2D eigenvalue weighted by Crippen LogP contribution is 2.15. The Hall–Kier alpha value is -2.60. The van der Waals surface area contributed by atoms with E-state index in [2.05, 4.69) is 32.6 Å². The fourth-order valence-corrected chi connectivity index (χ4v) is 3.02. The fraction of sp³-hybridized carbons (Fsp3) is 0.176. The van der Waals surface area contributed by atoms with Gasteiger partial charge in [-0.1, -0.05) is 41.2 Å². The van der Waals surface area contributed by atoms with Gasteiger partial charge < -0.3 is 4.57 Å². The van der Waals surface area contributed by atoms with Crippen molar-refractivity contribution >= 4 is 33.1 Å². The second-order valence-electron chi connectivity index (χ2n) is 5.19. The number of hydrogen-bond donors (Lipinski definition) is 0. The lowest BCUT2D eigenvalue weighted by atomic mass is 10.2. The van der Waals surface area contributed by atoms with Crippen LogP contribution in [0.5, 0.6) is 0 Å². The predicted octanol–water partition coefficient (Wildman–Crippen LogP) is 4.57. The second kappa shape index (κ2) is 6.66. The summed E-state index contributed by atoms with van der Waals surface area (Å²) in [5, 5.41) is 16.7. The number of azo groups is 1. The van der Waals surface area contributed by atoms with Crippen molar-refractivity contribution in [2.75, 3.05) is 0 Å². The number of aryl methyl sites for hydroxylation is 2. The Morgan fingerprint density at radius 1 is 1.04 bits per heavy atom. The Kier molecular flexibility index (Phi) is 4.43. The first kappa shape index (κ1) is 15.3. The van der Waals surface area contributed by atoms with Gasteiger partial charge in [-0.3, -0.25) is 0 Å². The second-order valence-corrected chi connectivity index (χ2v) is 6.20. The van der Waals surface area contributed by atoms with Crippen LogP contribution in [-0.4, -0.2) is 10.4 Å². The summed E-state index contributed by atoms with van der Waals surface area (Å²) in [6, 6.07) is 16.0. The lowest BCUT2D eigenvalue weighted by molar-refractivity contribution is 0.887. The Balaban J connectivity index is 1.85. The van der Waals surface area contributed by atoms with E-state index in [1.165, 1.54) is 10.3 Å². The van der Waals surface area contributed by atoms with Gasteiger partial charge in [-0.05, 0) is 38.1 Å². The van der Waals surface area contributed by atoms with E-state index >= 15 is 0 Å². The first-order valence-corrected chi connectivity index (χ1v) is 8.06. The maximum absolute atomic E-state index is 4.29. The molecule has 0 saturated carbocycles. The Morgan fingerprint density at radius 2 is 1.78 bits per heavy atom. The molecular weight excluding hydrogens is 306 g/mol. The molecule has 0 atom stereocenters. The van der Waals surface area contributed by atoms with Crippen LogP contribution < -0.4 is 4.80 Å². The third-order valence-corrected chi connectivity index (χ3v) is 4.44. The van der Waals surface area contributed by atoms with Gasteiger partial charge in [-0.25, -0.2) is 0 Å². The molecule has 0 aliphatic rings. The molecule has 0 spiro atoms. The Morgan fingerprint density at radius 3 is 2.52 bits per heavy atom. The van der Waals surface area contributed by atoms with Crippen molar-refractivity contribution in [1.29, 1.82) is 0 Å². The number of aromatic nitrogens is 1. The number of hydrogen-bond acceptors (Lipinski definition) is 4. The summed E-state index contributed by atoms with van der Waals surface area (Å²) in [6.45, 7) is 3.83. The first-order valence-electron chi connectivity index (χ1n) is 7.25. The summed E-state index contributed by atoms with van der Waals surface area (Å²) < 4.78 is 3.20. The van der Waals surface area contributed by atoms with E-state index in [0.29, 0.717) is 5.84 Å². The number of thiazole rings is 1. The van der Waals surface area contributed by atoms with Crippen molar-refractivity contribution in [1.82, 2.24) is 4.57 Å². The first-order chi connectivity index (χ1) is 11.1. The zero-order valence-corrected chi connectivity index (χ0v) is 14.1. The lowest BCUT2D eigenvalue weighted by Crippen LogP contribution is -2.09. The minimum atomic E-state index is 0.517. The summed E-state index contributed by atoms with van der Waals surface area (Å²) in [6.07, 6.45) is 0. The Labute approximate surface area is 138 Å². The van der Waals surface area contributed by atoms with Gasteiger partial charge in [0.05, 0.1) is 15.9 Å². The number of amidine groups is 1. The van der Waals surface area contributed by atoms with Crippen LogP contribution in [0.15, 0.2) is 69.0 Å². The molecule has 0 aliphatic heterocycles. The molecule has 116 valence electrons. The summed E-state index contributed by atoms with van der Waals surface area (Å²) in [5.74, 6) is 0.517. The summed E-state index contributed by atoms with van der Waals surface area (Å²) in [7, 11) is 1.98. The van der Waals surface area contributed by atoms with Crippen LogP contribution in [0.4, 0.5) is 5.69 Å². The largest absolute Gasteiger partial charge is 0.318 e. The van der Waals surface area contributed by atoms with Gasteiger partial charge in [0, 0.05) is 7.05 Å². The molecule has 0 unspecified atom stereocenters. The molecule has 1 heterocycles. The molecule has 0 bridgehead atoms. The standard InChI is InChI=1S/C17H17N5S/c1-12-8-10-14(11-9-12)20-18-13(2)19-21-17-22(3)15-6-4-5-7-16(15)23-17/h4-11H,1-3H3/b19-13+,20-18?,21-17-. The minimum Gasteiger partial charge on any atom is -0.318 e. The van der Waals surface area contributed by atoms with Crippen LogP contribution >= 0.6 is 11.3 Å². The number of benzene rings is 2. The fourth-order valence-electron chi connectivity index (χ4n) is 2.05. The third kappa shape index (κ3) is 3.60. The molecule has 0 amide bonds. The molecule has 0 N–H and O–H groups in total.